The molecule has 0 saturated carbocycles. The predicted octanol–water partition coefficient (Wildman–Crippen LogP) is 4.26. The number of benzene rings is 1. The third kappa shape index (κ3) is 1.89. The summed E-state index contributed by atoms with van der Waals surface area (Å²) in [7, 11) is 0. The summed E-state index contributed by atoms with van der Waals surface area (Å²) in [6.45, 7) is 4.37. The molecule has 14 heavy (non-hydrogen) atoms. The summed E-state index contributed by atoms with van der Waals surface area (Å²) < 4.78 is 0. The highest BCUT2D eigenvalue weighted by atomic mass is 14.1. The molecule has 74 valence electrons. The van der Waals surface area contributed by atoms with Crippen LogP contribution in [0.25, 0.3) is 5.57 Å². The van der Waals surface area contributed by atoms with E-state index in [9.17, 15) is 0 Å². The molecular formula is C14H18. The van der Waals surface area contributed by atoms with Crippen molar-refractivity contribution in [1.82, 2.24) is 0 Å². The van der Waals surface area contributed by atoms with Crippen LogP contribution in [0, 0.1) is 13.8 Å². The molecule has 0 bridgehead atoms. The van der Waals surface area contributed by atoms with Crippen LogP contribution in [0.5, 0.6) is 0 Å². The maximum atomic E-state index is 2.41. The Morgan fingerprint density at radius 3 is 2.50 bits per heavy atom. The van der Waals surface area contributed by atoms with Crippen molar-refractivity contribution < 1.29 is 0 Å². The second-order valence-electron chi connectivity index (χ2n) is 4.27. The van der Waals surface area contributed by atoms with Gasteiger partial charge in [0.15, 0.2) is 0 Å². The molecule has 2 rings (SSSR count). The van der Waals surface area contributed by atoms with Crippen LogP contribution in [0.2, 0.25) is 0 Å². The van der Waals surface area contributed by atoms with E-state index in [0.717, 1.165) is 0 Å². The van der Waals surface area contributed by atoms with E-state index in [0.29, 0.717) is 0 Å². The molecule has 0 amide bonds. The minimum Gasteiger partial charge on any atom is -0.0807 e. The summed E-state index contributed by atoms with van der Waals surface area (Å²) >= 11 is 0. The lowest BCUT2D eigenvalue weighted by Crippen LogP contribution is -1.93. The minimum atomic E-state index is 1.27. The lowest BCUT2D eigenvalue weighted by Gasteiger charge is -2.14. The zero-order valence-electron chi connectivity index (χ0n) is 9.14. The van der Waals surface area contributed by atoms with Crippen LogP contribution < -0.4 is 0 Å². The van der Waals surface area contributed by atoms with Gasteiger partial charge >= 0.3 is 0 Å². The SMILES string of the molecule is Cc1ccc(C2=CCCCC2)cc1C. The molecule has 0 N–H and O–H groups in total. The van der Waals surface area contributed by atoms with Crippen LogP contribution in [-0.4, -0.2) is 0 Å². The molecule has 0 aliphatic heterocycles. The monoisotopic (exact) mass is 186 g/mol. The van der Waals surface area contributed by atoms with Gasteiger partial charge in [-0.3, -0.25) is 0 Å². The Bertz CT molecular complexity index is 358. The van der Waals surface area contributed by atoms with Gasteiger partial charge in [0, 0.05) is 0 Å². The van der Waals surface area contributed by atoms with Gasteiger partial charge in [0.05, 0.1) is 0 Å². The zero-order valence-corrected chi connectivity index (χ0v) is 9.14. The summed E-state index contributed by atoms with van der Waals surface area (Å²) in [6, 6.07) is 6.83. The summed E-state index contributed by atoms with van der Waals surface area (Å²) in [6.07, 6.45) is 7.67. The highest BCUT2D eigenvalue weighted by Gasteiger charge is 2.06. The molecule has 0 unspecified atom stereocenters. The third-order valence-corrected chi connectivity index (χ3v) is 3.17. The van der Waals surface area contributed by atoms with Crippen LogP contribution in [0.1, 0.15) is 42.4 Å². The van der Waals surface area contributed by atoms with Crippen molar-refractivity contribution in [3.63, 3.8) is 0 Å². The Morgan fingerprint density at radius 1 is 1.00 bits per heavy atom. The molecule has 1 aliphatic rings. The molecule has 0 spiro atoms. The highest BCUT2D eigenvalue weighted by molar-refractivity contribution is 5.67. The van der Waals surface area contributed by atoms with Crippen LogP contribution in [0.3, 0.4) is 0 Å². The molecule has 0 nitrogen and oxygen atoms in total. The summed E-state index contributed by atoms with van der Waals surface area (Å²) in [5.74, 6) is 0. The van der Waals surface area contributed by atoms with Gasteiger partial charge in [-0.1, -0.05) is 24.3 Å². The number of aryl methyl sites for hydroxylation is 2. The number of hydrogen-bond acceptors (Lipinski definition) is 0. The molecule has 0 saturated heterocycles. The molecule has 0 aromatic heterocycles. The topological polar surface area (TPSA) is 0 Å². The summed E-state index contributed by atoms with van der Waals surface area (Å²) in [4.78, 5) is 0. The van der Waals surface area contributed by atoms with Crippen molar-refractivity contribution in [1.29, 1.82) is 0 Å². The molecule has 0 fully saturated rings. The van der Waals surface area contributed by atoms with E-state index in [1.165, 1.54) is 42.4 Å². The maximum Gasteiger partial charge on any atom is -0.0225 e. The van der Waals surface area contributed by atoms with E-state index in [2.05, 4.69) is 38.1 Å². The number of rotatable bonds is 1. The Labute approximate surface area is 86.7 Å². The van der Waals surface area contributed by atoms with E-state index < -0.39 is 0 Å². The zero-order chi connectivity index (χ0) is 9.97. The fraction of sp³-hybridized carbons (Fsp3) is 0.429. The lowest BCUT2D eigenvalue weighted by molar-refractivity contribution is 0.742. The standard InChI is InChI=1S/C14H18/c1-11-8-9-14(10-12(11)2)13-6-4-3-5-7-13/h6,8-10H,3-5,7H2,1-2H3. The smallest absolute Gasteiger partial charge is 0.0225 e. The van der Waals surface area contributed by atoms with Gasteiger partial charge in [-0.2, -0.15) is 0 Å². The minimum absolute atomic E-state index is 1.27. The van der Waals surface area contributed by atoms with Gasteiger partial charge < -0.3 is 0 Å². The maximum absolute atomic E-state index is 2.41. The fourth-order valence-corrected chi connectivity index (χ4v) is 2.04. The number of allylic oxidation sites excluding steroid dienone is 2. The molecule has 0 atom stereocenters. The van der Waals surface area contributed by atoms with Crippen LogP contribution >= 0.6 is 0 Å². The second-order valence-corrected chi connectivity index (χ2v) is 4.27. The molecule has 1 aromatic rings. The quantitative estimate of drug-likeness (QED) is 0.614. The van der Waals surface area contributed by atoms with Gasteiger partial charge in [-0.15, -0.1) is 0 Å². The first kappa shape index (κ1) is 9.51. The average Bonchev–Trinajstić information content (AvgIpc) is 2.23. The lowest BCUT2D eigenvalue weighted by atomic mass is 9.92. The van der Waals surface area contributed by atoms with E-state index in [-0.39, 0.29) is 0 Å². The normalized spacial score (nSPS) is 16.6. The highest BCUT2D eigenvalue weighted by Crippen LogP contribution is 2.27. The Morgan fingerprint density at radius 2 is 1.86 bits per heavy atom. The van der Waals surface area contributed by atoms with Crippen molar-refractivity contribution in [2.45, 2.75) is 39.5 Å². The van der Waals surface area contributed by atoms with Crippen LogP contribution in [0.15, 0.2) is 24.3 Å². The van der Waals surface area contributed by atoms with E-state index in [4.69, 9.17) is 0 Å². The van der Waals surface area contributed by atoms with E-state index >= 15 is 0 Å². The van der Waals surface area contributed by atoms with Crippen molar-refractivity contribution in [3.8, 4) is 0 Å². The van der Waals surface area contributed by atoms with Crippen LogP contribution in [-0.2, 0) is 0 Å². The first-order valence-corrected chi connectivity index (χ1v) is 5.54. The van der Waals surface area contributed by atoms with Gasteiger partial charge in [0.25, 0.3) is 0 Å². The molecule has 0 heterocycles. The predicted molar refractivity (Wildman–Crippen MR) is 62.4 cm³/mol. The fourth-order valence-electron chi connectivity index (χ4n) is 2.04. The van der Waals surface area contributed by atoms with Gasteiger partial charge in [-0.25, -0.2) is 0 Å². The number of hydrogen-bond donors (Lipinski definition) is 0. The Balaban J connectivity index is 2.32. The molecular weight excluding hydrogens is 168 g/mol. The first-order valence-electron chi connectivity index (χ1n) is 5.54. The van der Waals surface area contributed by atoms with E-state index in [1.807, 2.05) is 0 Å². The van der Waals surface area contributed by atoms with Crippen molar-refractivity contribution >= 4 is 5.57 Å². The van der Waals surface area contributed by atoms with Crippen molar-refractivity contribution in [2.24, 2.45) is 0 Å². The van der Waals surface area contributed by atoms with Gasteiger partial charge in [0.1, 0.15) is 0 Å². The third-order valence-electron chi connectivity index (χ3n) is 3.17. The van der Waals surface area contributed by atoms with Gasteiger partial charge in [-0.05, 0) is 61.8 Å². The molecule has 0 heteroatoms. The largest absolute Gasteiger partial charge is 0.0807 e. The average molecular weight is 186 g/mol. The first-order chi connectivity index (χ1) is 6.77. The summed E-state index contributed by atoms with van der Waals surface area (Å²) in [5.41, 5.74) is 5.80. The second kappa shape index (κ2) is 4.00. The van der Waals surface area contributed by atoms with Crippen molar-refractivity contribution in [2.75, 3.05) is 0 Å². The van der Waals surface area contributed by atoms with Crippen molar-refractivity contribution in [3.05, 3.63) is 41.0 Å². The van der Waals surface area contributed by atoms with Crippen LogP contribution in [0.4, 0.5) is 0 Å². The summed E-state index contributed by atoms with van der Waals surface area (Å²) in [5, 5.41) is 0. The van der Waals surface area contributed by atoms with Gasteiger partial charge in [0.2, 0.25) is 0 Å². The van der Waals surface area contributed by atoms with E-state index in [1.54, 1.807) is 5.57 Å². The Hall–Kier alpha value is -1.04. The molecule has 1 aliphatic carbocycles. The molecule has 0 radical (unpaired) electrons. The molecule has 1 aromatic carbocycles. The Kier molecular flexibility index (Phi) is 2.72.